The molecule has 1 fully saturated rings. The van der Waals surface area contributed by atoms with Gasteiger partial charge in [0, 0.05) is 13.1 Å². The average Bonchev–Trinajstić information content (AvgIpc) is 2.02. The molecule has 0 saturated carbocycles. The molecule has 0 spiro atoms. The van der Waals surface area contributed by atoms with Crippen molar-refractivity contribution in [1.29, 1.82) is 0 Å². The predicted molar refractivity (Wildman–Crippen MR) is 50.1 cm³/mol. The molecular weight excluding hydrogens is 194 g/mol. The Labute approximate surface area is 81.8 Å². The number of morpholine rings is 1. The maximum atomic E-state index is 12.2. The minimum absolute atomic E-state index is 0.0114. The zero-order valence-electron chi connectivity index (χ0n) is 8.18. The molecule has 0 radical (unpaired) electrons. The van der Waals surface area contributed by atoms with Gasteiger partial charge in [-0.25, -0.2) is 0 Å². The van der Waals surface area contributed by atoms with Gasteiger partial charge in [0.15, 0.2) is 0 Å². The van der Waals surface area contributed by atoms with E-state index in [0.29, 0.717) is 19.7 Å². The van der Waals surface area contributed by atoms with Gasteiger partial charge in [0.05, 0.1) is 12.7 Å². The highest BCUT2D eigenvalue weighted by atomic mass is 19.4. The maximum Gasteiger partial charge on any atom is 0.506 e. The van der Waals surface area contributed by atoms with E-state index in [9.17, 15) is 12.9 Å². The Hall–Kier alpha value is -0.485. The van der Waals surface area contributed by atoms with E-state index in [1.165, 1.54) is 0 Å². The van der Waals surface area contributed by atoms with E-state index in [-0.39, 0.29) is 12.6 Å². The van der Waals surface area contributed by atoms with Gasteiger partial charge >= 0.3 is 6.98 Å². The highest BCUT2D eigenvalue weighted by Gasteiger charge is 2.28. The van der Waals surface area contributed by atoms with Crippen molar-refractivity contribution in [2.24, 2.45) is 0 Å². The monoisotopic (exact) mass is 208 g/mol. The molecule has 0 N–H and O–H groups in total. The van der Waals surface area contributed by atoms with Crippen LogP contribution in [0.4, 0.5) is 12.9 Å². The molecule has 82 valence electrons. The Balaban J connectivity index is 2.40. The number of halogens is 3. The third kappa shape index (κ3) is 3.34. The maximum absolute atomic E-state index is 12.2. The second kappa shape index (κ2) is 4.36. The SMILES string of the molecule is C=C(CN1CCOC(C)C1)[B-](F)(F)F. The van der Waals surface area contributed by atoms with Crippen LogP contribution in [0.25, 0.3) is 0 Å². The van der Waals surface area contributed by atoms with Gasteiger partial charge in [-0.2, -0.15) is 0 Å². The standard InChI is InChI=1S/C8H14BF3NO/c1-7(9(10,11)12)5-13-3-4-14-8(2)6-13/h8H,1,3-6H2,2H3/q-1. The normalized spacial score (nSPS) is 25.0. The zero-order valence-corrected chi connectivity index (χ0v) is 8.18. The van der Waals surface area contributed by atoms with Crippen LogP contribution in [0.5, 0.6) is 0 Å². The van der Waals surface area contributed by atoms with Gasteiger partial charge in [0.1, 0.15) is 0 Å². The van der Waals surface area contributed by atoms with Crippen LogP contribution in [-0.2, 0) is 4.74 Å². The summed E-state index contributed by atoms with van der Waals surface area (Å²) in [6, 6.07) is 0. The molecule has 0 aromatic heterocycles. The lowest BCUT2D eigenvalue weighted by molar-refractivity contribution is -0.0146. The first-order valence-corrected chi connectivity index (χ1v) is 4.61. The topological polar surface area (TPSA) is 12.5 Å². The van der Waals surface area contributed by atoms with E-state index in [1.807, 2.05) is 6.92 Å². The number of hydrogen-bond acceptors (Lipinski definition) is 2. The van der Waals surface area contributed by atoms with Gasteiger partial charge < -0.3 is 17.7 Å². The van der Waals surface area contributed by atoms with Gasteiger partial charge in [-0.05, 0) is 13.5 Å². The summed E-state index contributed by atoms with van der Waals surface area (Å²) in [5, 5.41) is 0. The Kier molecular flexibility index (Phi) is 3.61. The molecule has 0 aromatic carbocycles. The third-order valence-corrected chi connectivity index (χ3v) is 2.21. The molecule has 1 atom stereocenters. The van der Waals surface area contributed by atoms with Gasteiger partial charge in [0.2, 0.25) is 0 Å². The summed E-state index contributed by atoms with van der Waals surface area (Å²) in [4.78, 5) is 1.73. The van der Waals surface area contributed by atoms with E-state index < -0.39 is 12.4 Å². The smallest absolute Gasteiger partial charge is 0.445 e. The third-order valence-electron chi connectivity index (χ3n) is 2.21. The lowest BCUT2D eigenvalue weighted by Gasteiger charge is -2.33. The van der Waals surface area contributed by atoms with Gasteiger partial charge in [-0.1, -0.05) is 0 Å². The lowest BCUT2D eigenvalue weighted by atomic mass is 9.80. The Morgan fingerprint density at radius 2 is 2.21 bits per heavy atom. The zero-order chi connectivity index (χ0) is 10.8. The summed E-state index contributed by atoms with van der Waals surface area (Å²) in [5.41, 5.74) is -0.626. The molecule has 1 heterocycles. The molecule has 6 heteroatoms. The molecular formula is C8H14BF3NO-. The second-order valence-corrected chi connectivity index (χ2v) is 3.65. The first kappa shape index (κ1) is 11.6. The van der Waals surface area contributed by atoms with Crippen molar-refractivity contribution < 1.29 is 17.7 Å². The quantitative estimate of drug-likeness (QED) is 0.653. The number of rotatable bonds is 3. The van der Waals surface area contributed by atoms with E-state index in [0.717, 1.165) is 0 Å². The fourth-order valence-corrected chi connectivity index (χ4v) is 1.42. The van der Waals surface area contributed by atoms with E-state index >= 15 is 0 Å². The Morgan fingerprint density at radius 1 is 1.57 bits per heavy atom. The number of nitrogens with zero attached hydrogens (tertiary/aromatic N) is 1. The van der Waals surface area contributed by atoms with Gasteiger partial charge in [-0.15, -0.1) is 12.1 Å². The fraction of sp³-hybridized carbons (Fsp3) is 0.750. The van der Waals surface area contributed by atoms with Crippen LogP contribution in [0.1, 0.15) is 6.92 Å². The Morgan fingerprint density at radius 3 is 2.71 bits per heavy atom. The van der Waals surface area contributed by atoms with Gasteiger partial charge in [0.25, 0.3) is 0 Å². The predicted octanol–water partition coefficient (Wildman–Crippen LogP) is 1.65. The summed E-state index contributed by atoms with van der Waals surface area (Å²) in [7, 11) is 0. The molecule has 1 rings (SSSR count). The minimum atomic E-state index is -4.89. The number of hydrogen-bond donors (Lipinski definition) is 0. The van der Waals surface area contributed by atoms with Crippen molar-refractivity contribution in [3.05, 3.63) is 12.1 Å². The molecule has 0 aliphatic carbocycles. The van der Waals surface area contributed by atoms with Crippen molar-refractivity contribution in [3.8, 4) is 0 Å². The van der Waals surface area contributed by atoms with Crippen LogP contribution >= 0.6 is 0 Å². The number of ether oxygens (including phenoxy) is 1. The van der Waals surface area contributed by atoms with Crippen molar-refractivity contribution in [2.75, 3.05) is 26.2 Å². The summed E-state index contributed by atoms with van der Waals surface area (Å²) in [5.74, 6) is 0. The van der Waals surface area contributed by atoms with Crippen molar-refractivity contribution in [1.82, 2.24) is 4.90 Å². The molecule has 2 nitrogen and oxygen atoms in total. The largest absolute Gasteiger partial charge is 0.506 e. The lowest BCUT2D eigenvalue weighted by Crippen LogP contribution is -2.43. The van der Waals surface area contributed by atoms with Crippen LogP contribution in [0, 0.1) is 0 Å². The first-order valence-electron chi connectivity index (χ1n) is 4.61. The summed E-state index contributed by atoms with van der Waals surface area (Å²) < 4.78 is 41.8. The van der Waals surface area contributed by atoms with Crippen LogP contribution in [0.15, 0.2) is 12.1 Å². The summed E-state index contributed by atoms with van der Waals surface area (Å²) in [6.07, 6.45) is 0.0114. The highest BCUT2D eigenvalue weighted by Crippen LogP contribution is 2.19. The van der Waals surface area contributed by atoms with Gasteiger partial charge in [-0.3, -0.25) is 4.90 Å². The Bertz CT molecular complexity index is 219. The molecule has 0 aromatic rings. The molecule has 14 heavy (non-hydrogen) atoms. The van der Waals surface area contributed by atoms with E-state index in [4.69, 9.17) is 4.74 Å². The van der Waals surface area contributed by atoms with Crippen molar-refractivity contribution in [3.63, 3.8) is 0 Å². The highest BCUT2D eigenvalue weighted by molar-refractivity contribution is 6.66. The van der Waals surface area contributed by atoms with Crippen molar-refractivity contribution in [2.45, 2.75) is 13.0 Å². The van der Waals surface area contributed by atoms with E-state index in [1.54, 1.807) is 4.90 Å². The second-order valence-electron chi connectivity index (χ2n) is 3.65. The molecule has 0 bridgehead atoms. The molecule has 1 saturated heterocycles. The molecule has 1 aliphatic heterocycles. The summed E-state index contributed by atoms with van der Waals surface area (Å²) >= 11 is 0. The fourth-order valence-electron chi connectivity index (χ4n) is 1.42. The molecule has 1 aliphatic rings. The van der Waals surface area contributed by atoms with Crippen LogP contribution < -0.4 is 0 Å². The van der Waals surface area contributed by atoms with Crippen molar-refractivity contribution >= 4 is 6.98 Å². The van der Waals surface area contributed by atoms with Crippen LogP contribution in [0.3, 0.4) is 0 Å². The first-order chi connectivity index (χ1) is 6.39. The molecule has 1 unspecified atom stereocenters. The van der Waals surface area contributed by atoms with Crippen LogP contribution in [0.2, 0.25) is 0 Å². The minimum Gasteiger partial charge on any atom is -0.445 e. The van der Waals surface area contributed by atoms with E-state index in [2.05, 4.69) is 6.58 Å². The van der Waals surface area contributed by atoms with Crippen LogP contribution in [-0.4, -0.2) is 44.2 Å². The average molecular weight is 208 g/mol. The summed E-state index contributed by atoms with van der Waals surface area (Å²) in [6.45, 7) is 1.54. The molecule has 0 amide bonds.